The van der Waals surface area contributed by atoms with Crippen LogP contribution in [0.4, 0.5) is 0 Å². The first-order valence-electron chi connectivity index (χ1n) is 5.70. The summed E-state index contributed by atoms with van der Waals surface area (Å²) in [7, 11) is 1.64. The lowest BCUT2D eigenvalue weighted by atomic mass is 10.1. The summed E-state index contributed by atoms with van der Waals surface area (Å²) in [5.41, 5.74) is 2.57. The summed E-state index contributed by atoms with van der Waals surface area (Å²) in [5, 5.41) is 8.69. The summed E-state index contributed by atoms with van der Waals surface area (Å²) in [6.45, 7) is 1.99. The van der Waals surface area contributed by atoms with E-state index >= 15 is 0 Å². The number of nitrogens with zero attached hydrogens (tertiary/aromatic N) is 4. The van der Waals surface area contributed by atoms with Gasteiger partial charge in [-0.3, -0.25) is 9.38 Å². The Morgan fingerprint density at radius 3 is 2.84 bits per heavy atom. The summed E-state index contributed by atoms with van der Waals surface area (Å²) < 4.78 is 7.07. The van der Waals surface area contributed by atoms with E-state index in [0.717, 1.165) is 16.9 Å². The van der Waals surface area contributed by atoms with Crippen LogP contribution in [0.2, 0.25) is 5.15 Å². The van der Waals surface area contributed by atoms with Crippen molar-refractivity contribution in [2.24, 2.45) is 0 Å². The maximum absolute atomic E-state index is 6.15. The van der Waals surface area contributed by atoms with Gasteiger partial charge in [0.1, 0.15) is 10.9 Å². The Morgan fingerprint density at radius 2 is 2.05 bits per heavy atom. The number of benzene rings is 1. The average Bonchev–Trinajstić information content (AvgIpc) is 2.85. The van der Waals surface area contributed by atoms with Crippen molar-refractivity contribution in [3.8, 4) is 17.1 Å². The lowest BCUT2D eigenvalue weighted by Crippen LogP contribution is -1.94. The van der Waals surface area contributed by atoms with Crippen LogP contribution in [0.15, 0.2) is 30.6 Å². The van der Waals surface area contributed by atoms with Crippen LogP contribution >= 0.6 is 11.6 Å². The maximum atomic E-state index is 6.15. The molecule has 0 aliphatic rings. The van der Waals surface area contributed by atoms with Gasteiger partial charge in [-0.05, 0) is 18.6 Å². The molecule has 0 atom stereocenters. The molecule has 0 unspecified atom stereocenters. The van der Waals surface area contributed by atoms with E-state index < -0.39 is 0 Å². The van der Waals surface area contributed by atoms with Crippen LogP contribution < -0.4 is 4.74 Å². The molecule has 2 aromatic heterocycles. The second-order valence-corrected chi connectivity index (χ2v) is 4.52. The van der Waals surface area contributed by atoms with Crippen LogP contribution in [0.5, 0.6) is 5.75 Å². The number of rotatable bonds is 2. The summed E-state index contributed by atoms with van der Waals surface area (Å²) in [5.74, 6) is 1.47. The monoisotopic (exact) mass is 274 g/mol. The van der Waals surface area contributed by atoms with E-state index in [1.54, 1.807) is 23.9 Å². The minimum atomic E-state index is 0.469. The van der Waals surface area contributed by atoms with Crippen molar-refractivity contribution < 1.29 is 4.74 Å². The molecule has 0 saturated carbocycles. The molecule has 0 amide bonds. The Hall–Kier alpha value is -2.14. The Morgan fingerprint density at radius 1 is 1.21 bits per heavy atom. The first-order chi connectivity index (χ1) is 9.20. The number of hydrogen-bond donors (Lipinski definition) is 0. The van der Waals surface area contributed by atoms with Crippen molar-refractivity contribution in [1.29, 1.82) is 0 Å². The van der Waals surface area contributed by atoms with E-state index in [-0.39, 0.29) is 0 Å². The van der Waals surface area contributed by atoms with Crippen LogP contribution in [0.1, 0.15) is 5.56 Å². The van der Waals surface area contributed by atoms with Gasteiger partial charge >= 0.3 is 0 Å². The van der Waals surface area contributed by atoms with Gasteiger partial charge in [0, 0.05) is 5.56 Å². The number of aromatic nitrogens is 4. The Labute approximate surface area is 114 Å². The third-order valence-electron chi connectivity index (χ3n) is 2.94. The quantitative estimate of drug-likeness (QED) is 0.721. The zero-order valence-corrected chi connectivity index (χ0v) is 11.2. The van der Waals surface area contributed by atoms with Gasteiger partial charge in [-0.15, -0.1) is 10.2 Å². The molecule has 0 N–H and O–H groups in total. The fourth-order valence-electron chi connectivity index (χ4n) is 1.96. The first kappa shape index (κ1) is 11.9. The van der Waals surface area contributed by atoms with Crippen LogP contribution in [0.25, 0.3) is 17.0 Å². The predicted octanol–water partition coefficient (Wildman–Crippen LogP) is 2.76. The molecule has 19 heavy (non-hydrogen) atoms. The maximum Gasteiger partial charge on any atom is 0.180 e. The second-order valence-electron chi connectivity index (χ2n) is 4.13. The largest absolute Gasteiger partial charge is 0.496 e. The lowest BCUT2D eigenvalue weighted by molar-refractivity contribution is 0.412. The molecular formula is C13H11ClN4O. The van der Waals surface area contributed by atoms with E-state index in [2.05, 4.69) is 15.2 Å². The second kappa shape index (κ2) is 4.51. The summed E-state index contributed by atoms with van der Waals surface area (Å²) >= 11 is 6.15. The zero-order chi connectivity index (χ0) is 13.4. The van der Waals surface area contributed by atoms with E-state index in [9.17, 15) is 0 Å². The van der Waals surface area contributed by atoms with Gasteiger partial charge in [-0.1, -0.05) is 23.7 Å². The molecule has 2 heterocycles. The standard InChI is InChI=1S/C13H11ClN4O/c1-8-3-4-9(5-10(8)19-2)13-17-16-12-7-15-6-11(14)18(12)13/h3-7H,1-2H3. The molecule has 0 aliphatic carbocycles. The molecule has 6 heteroatoms. The lowest BCUT2D eigenvalue weighted by Gasteiger charge is -2.07. The molecule has 3 rings (SSSR count). The van der Waals surface area contributed by atoms with Crippen molar-refractivity contribution in [3.05, 3.63) is 41.3 Å². The van der Waals surface area contributed by atoms with Gasteiger partial charge in [0.25, 0.3) is 0 Å². The van der Waals surface area contributed by atoms with Gasteiger partial charge < -0.3 is 4.74 Å². The number of aryl methyl sites for hydroxylation is 1. The minimum Gasteiger partial charge on any atom is -0.496 e. The molecule has 0 spiro atoms. The summed E-state index contributed by atoms with van der Waals surface area (Å²) in [6.07, 6.45) is 3.18. The highest BCUT2D eigenvalue weighted by atomic mass is 35.5. The fourth-order valence-corrected chi connectivity index (χ4v) is 2.18. The van der Waals surface area contributed by atoms with E-state index in [0.29, 0.717) is 16.6 Å². The first-order valence-corrected chi connectivity index (χ1v) is 6.08. The minimum absolute atomic E-state index is 0.469. The molecule has 0 fully saturated rings. The van der Waals surface area contributed by atoms with Crippen LogP contribution in [0.3, 0.4) is 0 Å². The smallest absolute Gasteiger partial charge is 0.180 e. The van der Waals surface area contributed by atoms with Crippen LogP contribution in [-0.4, -0.2) is 26.7 Å². The van der Waals surface area contributed by atoms with Gasteiger partial charge in [0.2, 0.25) is 0 Å². The molecule has 5 nitrogen and oxygen atoms in total. The molecule has 0 saturated heterocycles. The number of fused-ring (bicyclic) bond motifs is 1. The molecule has 0 radical (unpaired) electrons. The number of halogens is 1. The predicted molar refractivity (Wildman–Crippen MR) is 72.5 cm³/mol. The Kier molecular flexibility index (Phi) is 2.83. The number of hydrogen-bond acceptors (Lipinski definition) is 4. The Bertz CT molecular complexity index is 753. The van der Waals surface area contributed by atoms with Crippen molar-refractivity contribution in [3.63, 3.8) is 0 Å². The molecule has 96 valence electrons. The topological polar surface area (TPSA) is 52.3 Å². The fraction of sp³-hybridized carbons (Fsp3) is 0.154. The van der Waals surface area contributed by atoms with E-state index in [1.807, 2.05) is 25.1 Å². The highest BCUT2D eigenvalue weighted by Crippen LogP contribution is 2.27. The molecule has 0 bridgehead atoms. The van der Waals surface area contributed by atoms with Crippen molar-refractivity contribution in [2.45, 2.75) is 6.92 Å². The third kappa shape index (κ3) is 1.92. The third-order valence-corrected chi connectivity index (χ3v) is 3.21. The Balaban J connectivity index is 2.25. The number of methoxy groups -OCH3 is 1. The van der Waals surface area contributed by atoms with Gasteiger partial charge in [-0.25, -0.2) is 0 Å². The zero-order valence-electron chi connectivity index (χ0n) is 10.5. The normalized spacial score (nSPS) is 10.9. The van der Waals surface area contributed by atoms with Crippen LogP contribution in [-0.2, 0) is 0 Å². The van der Waals surface area contributed by atoms with Crippen LogP contribution in [0, 0.1) is 6.92 Å². The highest BCUT2D eigenvalue weighted by Gasteiger charge is 2.12. The SMILES string of the molecule is COc1cc(-c2nnc3cncc(Cl)n23)ccc1C. The molecular weight excluding hydrogens is 264 g/mol. The summed E-state index contributed by atoms with van der Waals surface area (Å²) in [4.78, 5) is 3.99. The van der Waals surface area contributed by atoms with Crippen molar-refractivity contribution in [1.82, 2.24) is 19.6 Å². The molecule has 0 aliphatic heterocycles. The number of ether oxygens (including phenoxy) is 1. The molecule has 3 aromatic rings. The van der Waals surface area contributed by atoms with Gasteiger partial charge in [0.05, 0.1) is 19.5 Å². The highest BCUT2D eigenvalue weighted by molar-refractivity contribution is 6.29. The van der Waals surface area contributed by atoms with Gasteiger partial charge in [-0.2, -0.15) is 0 Å². The summed E-state index contributed by atoms with van der Waals surface area (Å²) in [6, 6.07) is 5.86. The average molecular weight is 275 g/mol. The van der Waals surface area contributed by atoms with Crippen molar-refractivity contribution >= 4 is 17.2 Å². The van der Waals surface area contributed by atoms with Gasteiger partial charge in [0.15, 0.2) is 11.5 Å². The van der Waals surface area contributed by atoms with Crippen molar-refractivity contribution in [2.75, 3.05) is 7.11 Å². The van der Waals surface area contributed by atoms with E-state index in [4.69, 9.17) is 16.3 Å². The molecule has 1 aromatic carbocycles. The van der Waals surface area contributed by atoms with E-state index in [1.165, 1.54) is 0 Å².